The van der Waals surface area contributed by atoms with Crippen molar-refractivity contribution in [1.82, 2.24) is 0 Å². The molecule has 0 bridgehead atoms. The number of alkyl halides is 13. The summed E-state index contributed by atoms with van der Waals surface area (Å²) in [5, 5.41) is 0. The van der Waals surface area contributed by atoms with E-state index in [1.807, 2.05) is 0 Å². The minimum absolute atomic E-state index is 0.110. The van der Waals surface area contributed by atoms with Crippen molar-refractivity contribution in [3.8, 4) is 0 Å². The first-order chi connectivity index (χ1) is 15.1. The van der Waals surface area contributed by atoms with Crippen molar-refractivity contribution in [1.29, 1.82) is 0 Å². The Balaban J connectivity index is 2.24. The molecule has 1 aromatic carbocycles. The fraction of sp³-hybridized carbons (Fsp3) is 0.444. The van der Waals surface area contributed by atoms with Crippen molar-refractivity contribution >= 4 is 17.5 Å². The number of anilines is 1. The van der Waals surface area contributed by atoms with E-state index in [9.17, 15) is 66.7 Å². The Morgan fingerprint density at radius 3 is 1.41 bits per heavy atom. The highest BCUT2D eigenvalue weighted by Gasteiger charge is 2.90. The smallest absolute Gasteiger partial charge is 0.269 e. The summed E-state index contributed by atoms with van der Waals surface area (Å²) in [6.45, 7) is 0. The highest BCUT2D eigenvalue weighted by molar-refractivity contribution is 6.28. The molecule has 0 aromatic heterocycles. The van der Waals surface area contributed by atoms with Gasteiger partial charge in [0.2, 0.25) is 0 Å². The van der Waals surface area contributed by atoms with Gasteiger partial charge in [-0.25, -0.2) is 4.90 Å². The molecule has 0 saturated heterocycles. The van der Waals surface area contributed by atoms with E-state index in [1.54, 1.807) is 0 Å². The molecular formula is C18H10F13NO2. The van der Waals surface area contributed by atoms with Crippen molar-refractivity contribution in [2.24, 2.45) is 0 Å². The van der Waals surface area contributed by atoms with Gasteiger partial charge in [-0.2, -0.15) is 57.1 Å². The van der Waals surface area contributed by atoms with Gasteiger partial charge in [-0.15, -0.1) is 0 Å². The minimum atomic E-state index is -7.93. The number of hydrogen-bond donors (Lipinski definition) is 0. The van der Waals surface area contributed by atoms with Crippen LogP contribution in [0.5, 0.6) is 0 Å². The number of halogens is 13. The molecule has 1 aliphatic heterocycles. The van der Waals surface area contributed by atoms with Crippen LogP contribution in [0.15, 0.2) is 36.4 Å². The molecule has 0 atom stereocenters. The SMILES string of the molecule is O=C1C=CC(=O)N1c1ccc(CCC(F)(F)C(F)(F)C(F)(F)C(F)(F)C(F)(F)C(F)(F)F)cc1. The summed E-state index contributed by atoms with van der Waals surface area (Å²) in [5.41, 5.74) is -0.455. The highest BCUT2D eigenvalue weighted by Crippen LogP contribution is 2.60. The Kier molecular flexibility index (Phi) is 6.57. The average molecular weight is 519 g/mol. The second-order valence-electron chi connectivity index (χ2n) is 7.01. The van der Waals surface area contributed by atoms with Gasteiger partial charge in [-0.1, -0.05) is 12.1 Å². The monoisotopic (exact) mass is 519 g/mol. The molecule has 34 heavy (non-hydrogen) atoms. The molecule has 1 aromatic rings. The Hall–Kier alpha value is -2.81. The van der Waals surface area contributed by atoms with Crippen LogP contribution in [0, 0.1) is 0 Å². The van der Waals surface area contributed by atoms with E-state index in [0.29, 0.717) is 4.90 Å². The van der Waals surface area contributed by atoms with E-state index in [-0.39, 0.29) is 11.3 Å². The molecule has 0 spiro atoms. The lowest BCUT2D eigenvalue weighted by Gasteiger charge is -2.39. The third-order valence-electron chi connectivity index (χ3n) is 4.73. The summed E-state index contributed by atoms with van der Waals surface area (Å²) < 4.78 is 170. The molecule has 190 valence electrons. The predicted octanol–water partition coefficient (Wildman–Crippen LogP) is 5.79. The van der Waals surface area contributed by atoms with Gasteiger partial charge >= 0.3 is 35.8 Å². The van der Waals surface area contributed by atoms with Gasteiger partial charge in [0.1, 0.15) is 0 Å². The van der Waals surface area contributed by atoms with Gasteiger partial charge in [-0.3, -0.25) is 9.59 Å². The van der Waals surface area contributed by atoms with Crippen LogP contribution in [-0.4, -0.2) is 47.6 Å². The van der Waals surface area contributed by atoms with Crippen molar-refractivity contribution in [2.45, 2.75) is 48.6 Å². The standard InChI is InChI=1S/C18H10F13NO2/c19-13(20,14(21,22)15(23,24)16(25,26)17(27,28)18(29,30)31)8-7-9-1-3-10(4-2-9)32-11(33)5-6-12(32)34/h1-6H,7-8H2. The fourth-order valence-electron chi connectivity index (χ4n) is 2.73. The fourth-order valence-corrected chi connectivity index (χ4v) is 2.73. The van der Waals surface area contributed by atoms with Crippen molar-refractivity contribution in [3.63, 3.8) is 0 Å². The van der Waals surface area contributed by atoms with Crippen molar-refractivity contribution < 1.29 is 66.7 Å². The van der Waals surface area contributed by atoms with E-state index in [2.05, 4.69) is 0 Å². The van der Waals surface area contributed by atoms with Crippen LogP contribution in [0.4, 0.5) is 62.8 Å². The summed E-state index contributed by atoms with van der Waals surface area (Å²) >= 11 is 0. The predicted molar refractivity (Wildman–Crippen MR) is 87.2 cm³/mol. The Labute approximate surface area is 180 Å². The molecule has 1 aliphatic rings. The molecule has 0 unspecified atom stereocenters. The zero-order valence-electron chi connectivity index (χ0n) is 16.1. The van der Waals surface area contributed by atoms with E-state index < -0.39 is 60.4 Å². The van der Waals surface area contributed by atoms with Gasteiger partial charge in [0.15, 0.2) is 0 Å². The van der Waals surface area contributed by atoms with E-state index in [0.717, 1.165) is 36.4 Å². The molecule has 16 heteroatoms. The molecule has 3 nitrogen and oxygen atoms in total. The zero-order chi connectivity index (χ0) is 26.5. The van der Waals surface area contributed by atoms with Crippen LogP contribution in [0.2, 0.25) is 0 Å². The van der Waals surface area contributed by atoms with Gasteiger partial charge in [0.25, 0.3) is 11.8 Å². The van der Waals surface area contributed by atoms with Gasteiger partial charge in [-0.05, 0) is 24.1 Å². The number of aryl methyl sites for hydroxylation is 1. The second kappa shape index (κ2) is 8.15. The third-order valence-corrected chi connectivity index (χ3v) is 4.73. The minimum Gasteiger partial charge on any atom is -0.269 e. The first-order valence-electron chi connectivity index (χ1n) is 8.72. The maximum atomic E-state index is 13.8. The largest absolute Gasteiger partial charge is 0.460 e. The van der Waals surface area contributed by atoms with E-state index in [4.69, 9.17) is 0 Å². The quantitative estimate of drug-likeness (QED) is 0.322. The third kappa shape index (κ3) is 4.10. The van der Waals surface area contributed by atoms with Crippen LogP contribution in [0.25, 0.3) is 0 Å². The maximum Gasteiger partial charge on any atom is 0.460 e. The van der Waals surface area contributed by atoms with Crippen molar-refractivity contribution in [3.05, 3.63) is 42.0 Å². The molecule has 0 fully saturated rings. The first kappa shape index (κ1) is 27.4. The summed E-state index contributed by atoms with van der Waals surface area (Å²) in [6.07, 6.45) is -9.32. The Morgan fingerprint density at radius 2 is 1.00 bits per heavy atom. The number of imide groups is 1. The molecule has 0 N–H and O–H groups in total. The molecule has 0 radical (unpaired) electrons. The molecule has 0 aliphatic carbocycles. The highest BCUT2D eigenvalue weighted by atomic mass is 19.4. The molecule has 2 rings (SSSR count). The average Bonchev–Trinajstić information content (AvgIpc) is 3.03. The number of hydrogen-bond acceptors (Lipinski definition) is 2. The van der Waals surface area contributed by atoms with Crippen LogP contribution in [0.3, 0.4) is 0 Å². The van der Waals surface area contributed by atoms with Gasteiger partial charge in [0, 0.05) is 18.6 Å². The van der Waals surface area contributed by atoms with Crippen LogP contribution in [0.1, 0.15) is 12.0 Å². The maximum absolute atomic E-state index is 13.8. The molecular weight excluding hydrogens is 509 g/mol. The number of carbonyl (C=O) groups is 2. The Morgan fingerprint density at radius 1 is 0.588 bits per heavy atom. The van der Waals surface area contributed by atoms with Gasteiger partial charge in [0.05, 0.1) is 5.69 Å². The van der Waals surface area contributed by atoms with E-state index >= 15 is 0 Å². The van der Waals surface area contributed by atoms with Crippen molar-refractivity contribution in [2.75, 3.05) is 4.90 Å². The van der Waals surface area contributed by atoms with Crippen LogP contribution < -0.4 is 4.90 Å². The lowest BCUT2D eigenvalue weighted by atomic mass is 9.91. The summed E-state index contributed by atoms with van der Waals surface area (Å²) in [4.78, 5) is 23.7. The van der Waals surface area contributed by atoms with E-state index in [1.165, 1.54) is 0 Å². The summed E-state index contributed by atoms with van der Waals surface area (Å²) in [6, 6.07) is 3.65. The first-order valence-corrected chi connectivity index (χ1v) is 8.72. The summed E-state index contributed by atoms with van der Waals surface area (Å²) in [7, 11) is 0. The number of rotatable bonds is 8. The lowest BCUT2D eigenvalue weighted by Crippen LogP contribution is -2.70. The molecule has 2 amide bonds. The zero-order valence-corrected chi connectivity index (χ0v) is 16.1. The number of amides is 2. The topological polar surface area (TPSA) is 37.4 Å². The van der Waals surface area contributed by atoms with Crippen LogP contribution in [-0.2, 0) is 16.0 Å². The Bertz CT molecular complexity index is 963. The summed E-state index contributed by atoms with van der Waals surface area (Å²) in [5.74, 6) is -38.6. The lowest BCUT2D eigenvalue weighted by molar-refractivity contribution is -0.440. The molecule has 0 saturated carbocycles. The number of nitrogens with zero attached hydrogens (tertiary/aromatic N) is 1. The van der Waals surface area contributed by atoms with Gasteiger partial charge < -0.3 is 0 Å². The normalized spacial score (nSPS) is 16.6. The number of carbonyl (C=O) groups excluding carboxylic acids is 2. The molecule has 1 heterocycles. The second-order valence-corrected chi connectivity index (χ2v) is 7.01. The number of benzene rings is 1. The van der Waals surface area contributed by atoms with Crippen LogP contribution >= 0.6 is 0 Å².